The van der Waals surface area contributed by atoms with Gasteiger partial charge in [-0.25, -0.2) is 0 Å². The van der Waals surface area contributed by atoms with Crippen molar-refractivity contribution in [3.05, 3.63) is 63.9 Å². The number of rotatable bonds is 5. The van der Waals surface area contributed by atoms with Crippen LogP contribution in [0.4, 0.5) is 5.69 Å². The van der Waals surface area contributed by atoms with Crippen LogP contribution >= 0.6 is 12.2 Å². The SMILES string of the molecule is Cc1cccc(NC(=S)N(Cc2cc3cc4c(cc3[nH]c2=O)OCCO4)CC2CCCO2)c1. The van der Waals surface area contributed by atoms with Crippen molar-refractivity contribution >= 4 is 33.9 Å². The highest BCUT2D eigenvalue weighted by Crippen LogP contribution is 2.33. The number of fused-ring (bicyclic) bond motifs is 2. The van der Waals surface area contributed by atoms with Gasteiger partial charge in [-0.15, -0.1) is 0 Å². The summed E-state index contributed by atoms with van der Waals surface area (Å²) in [7, 11) is 0. The molecular weight excluding hydrogens is 438 g/mol. The molecule has 3 aromatic rings. The van der Waals surface area contributed by atoms with Gasteiger partial charge in [-0.2, -0.15) is 0 Å². The molecule has 0 bridgehead atoms. The summed E-state index contributed by atoms with van der Waals surface area (Å²) in [5.74, 6) is 1.35. The van der Waals surface area contributed by atoms with E-state index in [0.29, 0.717) is 48.5 Å². The summed E-state index contributed by atoms with van der Waals surface area (Å²) in [5, 5.41) is 4.79. The summed E-state index contributed by atoms with van der Waals surface area (Å²) in [5.41, 5.74) is 3.28. The van der Waals surface area contributed by atoms with Crippen molar-refractivity contribution < 1.29 is 14.2 Å². The average Bonchev–Trinajstić information content (AvgIpc) is 3.31. The van der Waals surface area contributed by atoms with E-state index in [0.717, 1.165) is 41.6 Å². The maximum Gasteiger partial charge on any atom is 0.253 e. The molecule has 7 nitrogen and oxygen atoms in total. The molecule has 2 N–H and O–H groups in total. The number of nitrogens with one attached hydrogen (secondary N) is 2. The largest absolute Gasteiger partial charge is 0.486 e. The van der Waals surface area contributed by atoms with Crippen LogP contribution in [-0.4, -0.2) is 47.5 Å². The molecule has 1 fully saturated rings. The second-order valence-corrected chi connectivity index (χ2v) is 8.91. The fourth-order valence-corrected chi connectivity index (χ4v) is 4.55. The van der Waals surface area contributed by atoms with Gasteiger partial charge in [0.1, 0.15) is 13.2 Å². The van der Waals surface area contributed by atoms with Gasteiger partial charge in [-0.05, 0) is 61.8 Å². The van der Waals surface area contributed by atoms with Crippen LogP contribution in [0.5, 0.6) is 11.5 Å². The third-order valence-electron chi connectivity index (χ3n) is 5.95. The standard InChI is InChI=1S/C25H27N3O4S/c1-16-4-2-5-19(10-16)26-25(33)28(15-20-6-3-7-30-20)14-18-11-17-12-22-23(32-9-8-31-22)13-21(17)27-24(18)29/h2,4-5,10-13,20H,3,6-9,14-15H2,1H3,(H,26,33)(H,27,29). The van der Waals surface area contributed by atoms with Crippen LogP contribution in [0.1, 0.15) is 24.0 Å². The fraction of sp³-hybridized carbons (Fsp3) is 0.360. The molecule has 33 heavy (non-hydrogen) atoms. The zero-order valence-electron chi connectivity index (χ0n) is 18.6. The molecule has 1 aromatic heterocycles. The second-order valence-electron chi connectivity index (χ2n) is 8.52. The van der Waals surface area contributed by atoms with Crippen molar-refractivity contribution in [2.45, 2.75) is 32.4 Å². The summed E-state index contributed by atoms with van der Waals surface area (Å²) in [6.07, 6.45) is 2.13. The highest BCUT2D eigenvalue weighted by atomic mass is 32.1. The minimum atomic E-state index is -0.144. The predicted molar refractivity (Wildman–Crippen MR) is 132 cm³/mol. The van der Waals surface area contributed by atoms with Crippen molar-refractivity contribution in [1.29, 1.82) is 0 Å². The molecule has 5 rings (SSSR count). The van der Waals surface area contributed by atoms with Crippen LogP contribution in [0.3, 0.4) is 0 Å². The summed E-state index contributed by atoms with van der Waals surface area (Å²) < 4.78 is 17.2. The number of aromatic amines is 1. The molecule has 1 saturated heterocycles. The Morgan fingerprint density at radius 3 is 2.73 bits per heavy atom. The minimum Gasteiger partial charge on any atom is -0.486 e. The molecular formula is C25H27N3O4S. The van der Waals surface area contributed by atoms with Crippen LogP contribution in [0.15, 0.2) is 47.3 Å². The van der Waals surface area contributed by atoms with Crippen molar-refractivity contribution in [3.8, 4) is 11.5 Å². The smallest absolute Gasteiger partial charge is 0.253 e. The highest BCUT2D eigenvalue weighted by molar-refractivity contribution is 7.80. The lowest BCUT2D eigenvalue weighted by molar-refractivity contribution is 0.0904. The maximum atomic E-state index is 13.0. The van der Waals surface area contributed by atoms with Gasteiger partial charge < -0.3 is 29.4 Å². The van der Waals surface area contributed by atoms with Gasteiger partial charge in [0.05, 0.1) is 18.2 Å². The van der Waals surface area contributed by atoms with Crippen molar-refractivity contribution in [2.75, 3.05) is 31.7 Å². The van der Waals surface area contributed by atoms with Gasteiger partial charge >= 0.3 is 0 Å². The monoisotopic (exact) mass is 465 g/mol. The Morgan fingerprint density at radius 2 is 1.97 bits per heavy atom. The average molecular weight is 466 g/mol. The van der Waals surface area contributed by atoms with E-state index in [9.17, 15) is 4.79 Å². The number of nitrogens with zero attached hydrogens (tertiary/aromatic N) is 1. The Hall–Kier alpha value is -3.10. The van der Waals surface area contributed by atoms with E-state index in [1.165, 1.54) is 0 Å². The van der Waals surface area contributed by atoms with Crippen molar-refractivity contribution in [3.63, 3.8) is 0 Å². The number of anilines is 1. The summed E-state index contributed by atoms with van der Waals surface area (Å²) in [4.78, 5) is 18.0. The van der Waals surface area contributed by atoms with Crippen LogP contribution < -0.4 is 20.3 Å². The van der Waals surface area contributed by atoms with Crippen LogP contribution in [0, 0.1) is 6.92 Å². The van der Waals surface area contributed by atoms with Crippen LogP contribution in [0.2, 0.25) is 0 Å². The third-order valence-corrected chi connectivity index (χ3v) is 6.31. The molecule has 0 radical (unpaired) electrons. The first-order valence-corrected chi connectivity index (χ1v) is 11.7. The van der Waals surface area contributed by atoms with Crippen molar-refractivity contribution in [2.24, 2.45) is 0 Å². The fourth-order valence-electron chi connectivity index (χ4n) is 4.29. The van der Waals surface area contributed by atoms with Crippen molar-refractivity contribution in [1.82, 2.24) is 9.88 Å². The Bertz CT molecular complexity index is 1240. The van der Waals surface area contributed by atoms with Gasteiger partial charge in [0.15, 0.2) is 16.6 Å². The van der Waals surface area contributed by atoms with E-state index in [2.05, 4.69) is 10.3 Å². The lowest BCUT2D eigenvalue weighted by Crippen LogP contribution is -2.40. The van der Waals surface area contributed by atoms with Gasteiger partial charge in [0, 0.05) is 35.9 Å². The van der Waals surface area contributed by atoms with Gasteiger partial charge in [0.2, 0.25) is 0 Å². The van der Waals surface area contributed by atoms with E-state index < -0.39 is 0 Å². The Labute approximate surface area is 197 Å². The number of benzene rings is 2. The van der Waals surface area contributed by atoms with E-state index in [-0.39, 0.29) is 11.7 Å². The molecule has 8 heteroatoms. The number of aryl methyl sites for hydroxylation is 1. The Morgan fingerprint density at radius 1 is 1.15 bits per heavy atom. The zero-order chi connectivity index (χ0) is 22.8. The molecule has 0 saturated carbocycles. The number of pyridine rings is 1. The van der Waals surface area contributed by atoms with Gasteiger partial charge in [0.25, 0.3) is 5.56 Å². The maximum absolute atomic E-state index is 13.0. The second kappa shape index (κ2) is 9.41. The Kier molecular flexibility index (Phi) is 6.20. The van der Waals surface area contributed by atoms with E-state index in [1.54, 1.807) is 0 Å². The molecule has 3 heterocycles. The predicted octanol–water partition coefficient (Wildman–Crippen LogP) is 3.99. The lowest BCUT2D eigenvalue weighted by atomic mass is 10.1. The molecule has 172 valence electrons. The van der Waals surface area contributed by atoms with Gasteiger partial charge in [-0.1, -0.05) is 12.1 Å². The number of ether oxygens (including phenoxy) is 3. The summed E-state index contributed by atoms with van der Waals surface area (Å²) in [6.45, 7) is 4.82. The number of thiocarbonyl (C=S) groups is 1. The molecule has 1 unspecified atom stereocenters. The molecule has 0 aliphatic carbocycles. The normalized spacial score (nSPS) is 17.2. The van der Waals surface area contributed by atoms with Crippen LogP contribution in [0.25, 0.3) is 10.9 Å². The summed E-state index contributed by atoms with van der Waals surface area (Å²) >= 11 is 5.76. The summed E-state index contributed by atoms with van der Waals surface area (Å²) in [6, 6.07) is 13.7. The first-order chi connectivity index (χ1) is 16.0. The Balaban J connectivity index is 1.42. The third kappa shape index (κ3) is 4.96. The van der Waals surface area contributed by atoms with E-state index >= 15 is 0 Å². The van der Waals surface area contributed by atoms with Crippen LogP contribution in [-0.2, 0) is 11.3 Å². The minimum absolute atomic E-state index is 0.0966. The first-order valence-electron chi connectivity index (χ1n) is 11.2. The molecule has 0 spiro atoms. The molecule has 2 aliphatic heterocycles. The number of hydrogen-bond donors (Lipinski definition) is 2. The zero-order valence-corrected chi connectivity index (χ0v) is 19.4. The van der Waals surface area contributed by atoms with Gasteiger partial charge in [-0.3, -0.25) is 4.79 Å². The van der Waals surface area contributed by atoms with E-state index in [1.807, 2.05) is 54.3 Å². The van der Waals surface area contributed by atoms with E-state index in [4.69, 9.17) is 26.4 Å². The molecule has 0 amide bonds. The lowest BCUT2D eigenvalue weighted by Gasteiger charge is -2.28. The quantitative estimate of drug-likeness (QED) is 0.552. The first kappa shape index (κ1) is 21.7. The topological polar surface area (TPSA) is 75.8 Å². The number of aromatic nitrogens is 1. The highest BCUT2D eigenvalue weighted by Gasteiger charge is 2.23. The number of hydrogen-bond acceptors (Lipinski definition) is 5. The molecule has 2 aromatic carbocycles. The molecule has 2 aliphatic rings. The molecule has 1 atom stereocenters. The number of H-pyrrole nitrogens is 1.